The molecule has 0 unspecified atom stereocenters. The second-order valence-corrected chi connectivity index (χ2v) is 4.97. The van der Waals surface area contributed by atoms with Crippen LogP contribution in [0.2, 0.25) is 0 Å². The molecular weight excluding hydrogens is 266 g/mol. The van der Waals surface area contributed by atoms with Crippen LogP contribution in [0.5, 0.6) is 0 Å². The largest absolute Gasteiger partial charge is 0.352 e. The lowest BCUT2D eigenvalue weighted by Gasteiger charge is -2.36. The predicted molar refractivity (Wildman–Crippen MR) is 72.1 cm³/mol. The third-order valence-electron chi connectivity index (χ3n) is 3.08. The second kappa shape index (κ2) is 6.02. The topological polar surface area (TPSA) is 71.1 Å². The molecule has 0 atom stereocenters. The van der Waals surface area contributed by atoms with Crippen LogP contribution in [0.25, 0.3) is 0 Å². The van der Waals surface area contributed by atoms with Gasteiger partial charge in [0.15, 0.2) is 0 Å². The van der Waals surface area contributed by atoms with Crippen LogP contribution < -0.4 is 10.6 Å². The van der Waals surface area contributed by atoms with Gasteiger partial charge in [-0.2, -0.15) is 0 Å². The maximum absolute atomic E-state index is 11.9. The van der Waals surface area contributed by atoms with Crippen molar-refractivity contribution in [3.8, 4) is 0 Å². The first-order valence-corrected chi connectivity index (χ1v) is 6.72. The molecule has 6 heteroatoms. The maximum Gasteiger partial charge on any atom is 0.270 e. The molecule has 2 rings (SSSR count). The molecule has 0 aromatic carbocycles. The smallest absolute Gasteiger partial charge is 0.270 e. The van der Waals surface area contributed by atoms with Crippen molar-refractivity contribution in [1.29, 1.82) is 0 Å². The number of alkyl halides is 1. The van der Waals surface area contributed by atoms with Crippen molar-refractivity contribution in [2.75, 3.05) is 5.88 Å². The first kappa shape index (κ1) is 13.8. The normalized spacial score (nSPS) is 21.4. The Morgan fingerprint density at radius 1 is 1.32 bits per heavy atom. The van der Waals surface area contributed by atoms with Crippen LogP contribution in [0, 0.1) is 6.92 Å². The number of carbonyl (C=O) groups is 2. The Kier molecular flexibility index (Phi) is 4.37. The zero-order valence-corrected chi connectivity index (χ0v) is 11.4. The Morgan fingerprint density at radius 3 is 2.63 bits per heavy atom. The van der Waals surface area contributed by atoms with Crippen LogP contribution in [0.15, 0.2) is 18.2 Å². The summed E-state index contributed by atoms with van der Waals surface area (Å²) in [4.78, 5) is 27.1. The highest BCUT2D eigenvalue weighted by atomic mass is 35.5. The van der Waals surface area contributed by atoms with Crippen molar-refractivity contribution in [3.05, 3.63) is 29.6 Å². The molecule has 2 N–H and O–H groups in total. The molecule has 1 aliphatic carbocycles. The van der Waals surface area contributed by atoms with E-state index in [1.807, 2.05) is 19.1 Å². The Balaban J connectivity index is 1.78. The van der Waals surface area contributed by atoms with Crippen molar-refractivity contribution < 1.29 is 9.59 Å². The molecule has 2 amide bonds. The van der Waals surface area contributed by atoms with Gasteiger partial charge in [0.05, 0.1) is 0 Å². The summed E-state index contributed by atoms with van der Waals surface area (Å²) in [7, 11) is 0. The molecule has 102 valence electrons. The van der Waals surface area contributed by atoms with Gasteiger partial charge in [0.25, 0.3) is 5.91 Å². The quantitative estimate of drug-likeness (QED) is 0.809. The zero-order valence-electron chi connectivity index (χ0n) is 10.6. The fourth-order valence-electron chi connectivity index (χ4n) is 2.05. The number of hydrogen-bond donors (Lipinski definition) is 2. The number of nitrogens with zero attached hydrogens (tertiary/aromatic N) is 1. The van der Waals surface area contributed by atoms with E-state index in [9.17, 15) is 9.59 Å². The summed E-state index contributed by atoms with van der Waals surface area (Å²) in [6.07, 6.45) is 1.47. The number of halogens is 1. The summed E-state index contributed by atoms with van der Waals surface area (Å²) in [5.74, 6) is -0.367. The van der Waals surface area contributed by atoms with Gasteiger partial charge in [0.2, 0.25) is 5.91 Å². The number of hydrogen-bond acceptors (Lipinski definition) is 3. The molecular formula is C13H16ClN3O2. The molecule has 5 nitrogen and oxygen atoms in total. The standard InChI is InChI=1S/C13H16ClN3O2/c1-8-3-2-4-11(15-8)13(19)17-10-5-9(6-10)16-12(18)7-14/h2-4,9-10H,5-7H2,1H3,(H,16,18)(H,17,19). The number of aryl methyl sites for hydroxylation is 1. The Labute approximate surface area is 116 Å². The van der Waals surface area contributed by atoms with Crippen LogP contribution in [-0.4, -0.2) is 34.8 Å². The average Bonchev–Trinajstić information content (AvgIpc) is 2.35. The highest BCUT2D eigenvalue weighted by Gasteiger charge is 2.31. The zero-order chi connectivity index (χ0) is 13.8. The molecule has 0 spiro atoms. The van der Waals surface area contributed by atoms with E-state index in [4.69, 9.17) is 11.6 Å². The lowest BCUT2D eigenvalue weighted by Crippen LogP contribution is -2.54. The number of pyridine rings is 1. The van der Waals surface area contributed by atoms with E-state index in [1.165, 1.54) is 0 Å². The first-order chi connectivity index (χ1) is 9.08. The lowest BCUT2D eigenvalue weighted by atomic mass is 9.86. The van der Waals surface area contributed by atoms with Gasteiger partial charge in [-0.1, -0.05) is 6.07 Å². The van der Waals surface area contributed by atoms with Gasteiger partial charge in [-0.25, -0.2) is 4.98 Å². The van der Waals surface area contributed by atoms with E-state index < -0.39 is 0 Å². The van der Waals surface area contributed by atoms with Crippen molar-refractivity contribution in [1.82, 2.24) is 15.6 Å². The number of amides is 2. The van der Waals surface area contributed by atoms with Crippen molar-refractivity contribution in [2.24, 2.45) is 0 Å². The minimum absolute atomic E-state index is 0.0270. The Hall–Kier alpha value is -1.62. The predicted octanol–water partition coefficient (Wildman–Crippen LogP) is 1.01. The highest BCUT2D eigenvalue weighted by Crippen LogP contribution is 2.20. The van der Waals surface area contributed by atoms with E-state index in [-0.39, 0.29) is 29.8 Å². The van der Waals surface area contributed by atoms with Gasteiger partial charge >= 0.3 is 0 Å². The minimum atomic E-state index is -0.171. The summed E-state index contributed by atoms with van der Waals surface area (Å²) in [5.41, 5.74) is 1.24. The molecule has 1 heterocycles. The van der Waals surface area contributed by atoms with E-state index in [1.54, 1.807) is 6.07 Å². The number of carbonyl (C=O) groups excluding carboxylic acids is 2. The Morgan fingerprint density at radius 2 is 2.00 bits per heavy atom. The number of nitrogens with one attached hydrogen (secondary N) is 2. The van der Waals surface area contributed by atoms with Crippen LogP contribution in [0.4, 0.5) is 0 Å². The van der Waals surface area contributed by atoms with Crippen LogP contribution in [0.3, 0.4) is 0 Å². The molecule has 19 heavy (non-hydrogen) atoms. The third-order valence-corrected chi connectivity index (χ3v) is 3.32. The monoisotopic (exact) mass is 281 g/mol. The summed E-state index contributed by atoms with van der Waals surface area (Å²) in [6, 6.07) is 5.55. The van der Waals surface area contributed by atoms with E-state index >= 15 is 0 Å². The van der Waals surface area contributed by atoms with Crippen molar-refractivity contribution >= 4 is 23.4 Å². The van der Waals surface area contributed by atoms with E-state index in [0.29, 0.717) is 5.69 Å². The molecule has 1 aromatic rings. The van der Waals surface area contributed by atoms with Crippen molar-refractivity contribution in [3.63, 3.8) is 0 Å². The second-order valence-electron chi connectivity index (χ2n) is 4.70. The van der Waals surface area contributed by atoms with Gasteiger partial charge in [0, 0.05) is 17.8 Å². The SMILES string of the molecule is Cc1cccc(C(=O)NC2CC(NC(=O)CCl)C2)n1. The summed E-state index contributed by atoms with van der Waals surface area (Å²) in [6.45, 7) is 1.85. The molecule has 0 bridgehead atoms. The van der Waals surface area contributed by atoms with Gasteiger partial charge in [-0.05, 0) is 31.9 Å². The van der Waals surface area contributed by atoms with Crippen LogP contribution in [-0.2, 0) is 4.79 Å². The van der Waals surface area contributed by atoms with Gasteiger partial charge in [0.1, 0.15) is 11.6 Å². The number of rotatable bonds is 4. The van der Waals surface area contributed by atoms with Crippen LogP contribution >= 0.6 is 11.6 Å². The Bertz CT molecular complexity index is 487. The van der Waals surface area contributed by atoms with Gasteiger partial charge in [-0.15, -0.1) is 11.6 Å². The molecule has 0 saturated heterocycles. The molecule has 0 radical (unpaired) electrons. The van der Waals surface area contributed by atoms with Gasteiger partial charge < -0.3 is 10.6 Å². The average molecular weight is 282 g/mol. The molecule has 1 saturated carbocycles. The molecule has 0 aliphatic heterocycles. The minimum Gasteiger partial charge on any atom is -0.352 e. The molecule has 1 aliphatic rings. The maximum atomic E-state index is 11.9. The van der Waals surface area contributed by atoms with Gasteiger partial charge in [-0.3, -0.25) is 9.59 Å². The summed E-state index contributed by atoms with van der Waals surface area (Å²) in [5, 5.41) is 5.68. The molecule has 1 aromatic heterocycles. The lowest BCUT2D eigenvalue weighted by molar-refractivity contribution is -0.120. The highest BCUT2D eigenvalue weighted by molar-refractivity contribution is 6.27. The summed E-state index contributed by atoms with van der Waals surface area (Å²) < 4.78 is 0. The fourth-order valence-corrected chi connectivity index (χ4v) is 2.13. The van der Waals surface area contributed by atoms with E-state index in [0.717, 1.165) is 18.5 Å². The third kappa shape index (κ3) is 3.67. The van der Waals surface area contributed by atoms with Crippen molar-refractivity contribution in [2.45, 2.75) is 31.8 Å². The number of aromatic nitrogens is 1. The summed E-state index contributed by atoms with van der Waals surface area (Å²) >= 11 is 5.40. The van der Waals surface area contributed by atoms with Crippen LogP contribution in [0.1, 0.15) is 29.0 Å². The van der Waals surface area contributed by atoms with E-state index in [2.05, 4.69) is 15.6 Å². The first-order valence-electron chi connectivity index (χ1n) is 6.18. The fraction of sp³-hybridized carbons (Fsp3) is 0.462. The molecule has 1 fully saturated rings.